The van der Waals surface area contributed by atoms with Gasteiger partial charge in [-0.1, -0.05) is 23.7 Å². The largest absolute Gasteiger partial charge is 0.396 e. The SMILES string of the molecule is O=S(=O)(Nc1ccc(CCO)cc1)c1ccnc(Cl)c1. The van der Waals surface area contributed by atoms with Crippen molar-refractivity contribution in [3.05, 3.63) is 53.3 Å². The van der Waals surface area contributed by atoms with Crippen molar-refractivity contribution in [1.82, 2.24) is 4.98 Å². The molecule has 7 heteroatoms. The summed E-state index contributed by atoms with van der Waals surface area (Å²) in [6.07, 6.45) is 1.87. The fourth-order valence-corrected chi connectivity index (χ4v) is 2.94. The topological polar surface area (TPSA) is 79.3 Å². The third kappa shape index (κ3) is 3.69. The van der Waals surface area contributed by atoms with Crippen LogP contribution in [0.4, 0.5) is 5.69 Å². The van der Waals surface area contributed by atoms with Gasteiger partial charge < -0.3 is 5.11 Å². The number of nitrogens with zero attached hydrogens (tertiary/aromatic N) is 1. The van der Waals surface area contributed by atoms with E-state index in [2.05, 4.69) is 9.71 Å². The monoisotopic (exact) mass is 312 g/mol. The van der Waals surface area contributed by atoms with Gasteiger partial charge in [0.2, 0.25) is 0 Å². The lowest BCUT2D eigenvalue weighted by molar-refractivity contribution is 0.299. The van der Waals surface area contributed by atoms with Crippen molar-refractivity contribution in [2.45, 2.75) is 11.3 Å². The molecule has 0 fully saturated rings. The summed E-state index contributed by atoms with van der Waals surface area (Å²) in [7, 11) is -3.68. The first-order chi connectivity index (χ1) is 9.51. The molecule has 0 atom stereocenters. The lowest BCUT2D eigenvalue weighted by Gasteiger charge is -2.08. The minimum absolute atomic E-state index is 0.0527. The van der Waals surface area contributed by atoms with Gasteiger partial charge in [0.05, 0.1) is 4.90 Å². The van der Waals surface area contributed by atoms with E-state index in [1.54, 1.807) is 24.3 Å². The van der Waals surface area contributed by atoms with Crippen molar-refractivity contribution >= 4 is 27.3 Å². The summed E-state index contributed by atoms with van der Waals surface area (Å²) in [5.74, 6) is 0. The Morgan fingerprint density at radius 1 is 1.20 bits per heavy atom. The molecule has 0 aliphatic rings. The van der Waals surface area contributed by atoms with E-state index in [9.17, 15) is 8.42 Å². The Kier molecular flexibility index (Phi) is 4.59. The Morgan fingerprint density at radius 2 is 1.90 bits per heavy atom. The van der Waals surface area contributed by atoms with Gasteiger partial charge in [-0.2, -0.15) is 0 Å². The zero-order valence-corrected chi connectivity index (χ0v) is 12.0. The molecule has 0 saturated heterocycles. The molecule has 0 radical (unpaired) electrons. The maximum atomic E-state index is 12.1. The summed E-state index contributed by atoms with van der Waals surface area (Å²) in [5.41, 5.74) is 1.38. The van der Waals surface area contributed by atoms with E-state index in [0.717, 1.165) is 5.56 Å². The Balaban J connectivity index is 2.20. The number of hydrogen-bond acceptors (Lipinski definition) is 4. The molecule has 2 N–H and O–H groups in total. The normalized spacial score (nSPS) is 11.3. The maximum absolute atomic E-state index is 12.1. The molecule has 2 rings (SSSR count). The molecule has 106 valence electrons. The number of aromatic nitrogens is 1. The van der Waals surface area contributed by atoms with Crippen LogP contribution in [-0.4, -0.2) is 25.1 Å². The third-order valence-corrected chi connectivity index (χ3v) is 4.20. The van der Waals surface area contributed by atoms with E-state index in [0.29, 0.717) is 12.1 Å². The van der Waals surface area contributed by atoms with E-state index in [4.69, 9.17) is 16.7 Å². The van der Waals surface area contributed by atoms with Gasteiger partial charge in [0.25, 0.3) is 10.0 Å². The molecular formula is C13H13ClN2O3S. The van der Waals surface area contributed by atoms with Crippen LogP contribution < -0.4 is 4.72 Å². The molecule has 1 heterocycles. The standard InChI is InChI=1S/C13H13ClN2O3S/c14-13-9-12(5-7-15-13)20(18,19)16-11-3-1-10(2-4-11)6-8-17/h1-5,7,9,16-17H,6,8H2. The van der Waals surface area contributed by atoms with Crippen molar-refractivity contribution in [1.29, 1.82) is 0 Å². The first kappa shape index (κ1) is 14.8. The highest BCUT2D eigenvalue weighted by Crippen LogP contribution is 2.18. The van der Waals surface area contributed by atoms with Gasteiger partial charge in [-0.25, -0.2) is 13.4 Å². The quantitative estimate of drug-likeness (QED) is 0.828. The number of sulfonamides is 1. The van der Waals surface area contributed by atoms with E-state index >= 15 is 0 Å². The molecule has 0 unspecified atom stereocenters. The maximum Gasteiger partial charge on any atom is 0.262 e. The zero-order chi connectivity index (χ0) is 14.6. The summed E-state index contributed by atoms with van der Waals surface area (Å²) in [5, 5.41) is 8.94. The number of aliphatic hydroxyl groups is 1. The molecule has 0 aliphatic carbocycles. The van der Waals surface area contributed by atoms with E-state index in [-0.39, 0.29) is 16.7 Å². The van der Waals surface area contributed by atoms with Crippen molar-refractivity contribution < 1.29 is 13.5 Å². The Bertz CT molecular complexity index is 687. The fraction of sp³-hybridized carbons (Fsp3) is 0.154. The molecule has 1 aromatic heterocycles. The number of halogens is 1. The Labute approximate surface area is 122 Å². The summed E-state index contributed by atoms with van der Waals surface area (Å²) < 4.78 is 26.7. The number of nitrogens with one attached hydrogen (secondary N) is 1. The Hall–Kier alpha value is -1.63. The summed E-state index contributed by atoms with van der Waals surface area (Å²) in [6, 6.07) is 9.45. The lowest BCUT2D eigenvalue weighted by atomic mass is 10.1. The van der Waals surface area contributed by atoms with Crippen molar-refractivity contribution in [2.24, 2.45) is 0 Å². The summed E-state index contributed by atoms with van der Waals surface area (Å²) >= 11 is 5.68. The number of pyridine rings is 1. The smallest absolute Gasteiger partial charge is 0.262 e. The minimum atomic E-state index is -3.68. The zero-order valence-electron chi connectivity index (χ0n) is 10.5. The predicted octanol–water partition coefficient (Wildman–Crippen LogP) is 2.07. The summed E-state index contributed by atoms with van der Waals surface area (Å²) in [4.78, 5) is 3.79. The van der Waals surface area contributed by atoms with Crippen molar-refractivity contribution in [2.75, 3.05) is 11.3 Å². The highest BCUT2D eigenvalue weighted by Gasteiger charge is 2.14. The molecule has 5 nitrogen and oxygen atoms in total. The molecule has 20 heavy (non-hydrogen) atoms. The van der Waals surface area contributed by atoms with Crippen LogP contribution in [-0.2, 0) is 16.4 Å². The van der Waals surface area contributed by atoms with Crippen molar-refractivity contribution in [3.63, 3.8) is 0 Å². The average molecular weight is 313 g/mol. The van der Waals surface area contributed by atoms with Gasteiger partial charge >= 0.3 is 0 Å². The second kappa shape index (κ2) is 6.21. The predicted molar refractivity (Wildman–Crippen MR) is 77.3 cm³/mol. The van der Waals surface area contributed by atoms with E-state index in [1.807, 2.05) is 0 Å². The highest BCUT2D eigenvalue weighted by atomic mass is 35.5. The van der Waals surface area contributed by atoms with E-state index < -0.39 is 10.0 Å². The highest BCUT2D eigenvalue weighted by molar-refractivity contribution is 7.92. The van der Waals surface area contributed by atoms with Gasteiger partial charge in [-0.05, 0) is 36.2 Å². The fourth-order valence-electron chi connectivity index (χ4n) is 1.63. The third-order valence-electron chi connectivity index (χ3n) is 2.61. The number of anilines is 1. The van der Waals surface area contributed by atoms with Crippen LogP contribution in [0.25, 0.3) is 0 Å². The van der Waals surface area contributed by atoms with Gasteiger partial charge in [0.15, 0.2) is 0 Å². The number of aliphatic hydroxyl groups excluding tert-OH is 1. The molecule has 0 bridgehead atoms. The summed E-state index contributed by atoms with van der Waals surface area (Å²) in [6.45, 7) is 0.0561. The molecular weight excluding hydrogens is 300 g/mol. The van der Waals surface area contributed by atoms with Crippen molar-refractivity contribution in [3.8, 4) is 0 Å². The van der Waals surface area contributed by atoms with Crippen LogP contribution in [0.5, 0.6) is 0 Å². The van der Waals surface area contributed by atoms with Crippen LogP contribution in [0.2, 0.25) is 5.15 Å². The number of hydrogen-bond donors (Lipinski definition) is 2. The van der Waals surface area contributed by atoms with Crippen LogP contribution in [0.15, 0.2) is 47.5 Å². The van der Waals surface area contributed by atoms with Crippen LogP contribution in [0.1, 0.15) is 5.56 Å². The van der Waals surface area contributed by atoms with Crippen LogP contribution >= 0.6 is 11.6 Å². The van der Waals surface area contributed by atoms with Gasteiger partial charge in [-0.15, -0.1) is 0 Å². The number of benzene rings is 1. The first-order valence-electron chi connectivity index (χ1n) is 5.85. The molecule has 0 saturated carbocycles. The number of rotatable bonds is 5. The minimum Gasteiger partial charge on any atom is -0.396 e. The Morgan fingerprint density at radius 3 is 2.50 bits per heavy atom. The molecule has 1 aromatic carbocycles. The van der Waals surface area contributed by atoms with Gasteiger partial charge in [0.1, 0.15) is 5.15 Å². The average Bonchev–Trinajstić information content (AvgIpc) is 2.41. The second-order valence-electron chi connectivity index (χ2n) is 4.09. The van der Waals surface area contributed by atoms with Gasteiger partial charge in [0, 0.05) is 18.5 Å². The first-order valence-corrected chi connectivity index (χ1v) is 7.71. The molecule has 2 aromatic rings. The van der Waals surface area contributed by atoms with Crippen LogP contribution in [0.3, 0.4) is 0 Å². The lowest BCUT2D eigenvalue weighted by Crippen LogP contribution is -2.13. The van der Waals surface area contributed by atoms with Gasteiger partial charge in [-0.3, -0.25) is 4.72 Å². The van der Waals surface area contributed by atoms with Crippen LogP contribution in [0, 0.1) is 0 Å². The molecule has 0 amide bonds. The molecule has 0 spiro atoms. The second-order valence-corrected chi connectivity index (χ2v) is 6.16. The van der Waals surface area contributed by atoms with E-state index in [1.165, 1.54) is 18.3 Å². The molecule has 0 aliphatic heterocycles.